The number of ether oxygens (including phenoxy) is 3. The van der Waals surface area contributed by atoms with Crippen LogP contribution in [0, 0.1) is 5.92 Å². The minimum atomic E-state index is -1.42. The van der Waals surface area contributed by atoms with E-state index in [1.165, 1.54) is 7.11 Å². The number of nitrogens with one attached hydrogen (secondary N) is 2. The molecule has 204 valence electrons. The first-order valence-electron chi connectivity index (χ1n) is 12.8. The predicted octanol–water partition coefficient (Wildman–Crippen LogP) is 3.93. The number of esters is 1. The fourth-order valence-corrected chi connectivity index (χ4v) is 6.10. The highest BCUT2D eigenvalue weighted by atomic mass is 28.3. The summed E-state index contributed by atoms with van der Waals surface area (Å²) in [7, 11) is 1.67. The van der Waals surface area contributed by atoms with Crippen molar-refractivity contribution in [3.8, 4) is 17.2 Å². The third kappa shape index (κ3) is 5.80. The molecule has 38 heavy (non-hydrogen) atoms. The van der Waals surface area contributed by atoms with Crippen LogP contribution in [0.5, 0.6) is 17.2 Å². The molecule has 0 saturated heterocycles. The van der Waals surface area contributed by atoms with Gasteiger partial charge >= 0.3 is 12.0 Å². The number of phenolic OH excluding ortho intramolecular Hbond substituents is 1. The van der Waals surface area contributed by atoms with E-state index in [4.69, 9.17) is 14.2 Å². The van der Waals surface area contributed by atoms with Crippen LogP contribution in [0.25, 0.3) is 0 Å². The number of amides is 2. The SMILES string of the molecule is COc1ccc(CNC(=O)N[C@H]2[C@H](C(=O)OCC[Si](C)(C)C)C3CC(=O)[C@H]2c2cc(O)ccc23)c(OC)c1. The maximum absolute atomic E-state index is 13.4. The first kappa shape index (κ1) is 27.5. The minimum Gasteiger partial charge on any atom is -0.508 e. The van der Waals surface area contributed by atoms with Gasteiger partial charge < -0.3 is 30.0 Å². The van der Waals surface area contributed by atoms with Crippen molar-refractivity contribution in [1.29, 1.82) is 0 Å². The second kappa shape index (κ2) is 11.1. The maximum Gasteiger partial charge on any atom is 0.315 e. The van der Waals surface area contributed by atoms with Gasteiger partial charge in [0.15, 0.2) is 0 Å². The van der Waals surface area contributed by atoms with Crippen molar-refractivity contribution in [2.24, 2.45) is 5.92 Å². The van der Waals surface area contributed by atoms with Crippen LogP contribution in [0.2, 0.25) is 25.7 Å². The zero-order chi connectivity index (χ0) is 27.6. The van der Waals surface area contributed by atoms with E-state index in [-0.39, 0.29) is 24.5 Å². The number of hydrogen-bond acceptors (Lipinski definition) is 7. The highest BCUT2D eigenvalue weighted by Gasteiger charge is 2.55. The van der Waals surface area contributed by atoms with Crippen LogP contribution in [0.1, 0.15) is 34.9 Å². The zero-order valence-electron chi connectivity index (χ0n) is 22.5. The highest BCUT2D eigenvalue weighted by Crippen LogP contribution is 2.52. The van der Waals surface area contributed by atoms with Gasteiger partial charge in [0.25, 0.3) is 0 Å². The Bertz CT molecular complexity index is 1230. The van der Waals surface area contributed by atoms with Crippen molar-refractivity contribution in [1.82, 2.24) is 10.6 Å². The Labute approximate surface area is 223 Å². The summed E-state index contributed by atoms with van der Waals surface area (Å²) in [5.74, 6) is -1.15. The fraction of sp³-hybridized carbons (Fsp3) is 0.464. The average molecular weight is 541 g/mol. The summed E-state index contributed by atoms with van der Waals surface area (Å²) in [5, 5.41) is 15.8. The van der Waals surface area contributed by atoms with Crippen molar-refractivity contribution in [2.75, 3.05) is 20.8 Å². The van der Waals surface area contributed by atoms with Gasteiger partial charge in [-0.3, -0.25) is 9.59 Å². The van der Waals surface area contributed by atoms with Crippen LogP contribution in [0.3, 0.4) is 0 Å². The van der Waals surface area contributed by atoms with Crippen LogP contribution < -0.4 is 20.1 Å². The summed E-state index contributed by atoms with van der Waals surface area (Å²) >= 11 is 0. The number of hydrogen-bond donors (Lipinski definition) is 3. The first-order chi connectivity index (χ1) is 18.0. The molecule has 0 aromatic heterocycles. The summed E-state index contributed by atoms with van der Waals surface area (Å²) < 4.78 is 16.3. The smallest absolute Gasteiger partial charge is 0.315 e. The van der Waals surface area contributed by atoms with Crippen LogP contribution >= 0.6 is 0 Å². The number of benzene rings is 2. The first-order valence-corrected chi connectivity index (χ1v) is 16.5. The number of rotatable bonds is 9. The zero-order valence-corrected chi connectivity index (χ0v) is 23.5. The molecule has 1 unspecified atom stereocenters. The van der Waals surface area contributed by atoms with Gasteiger partial charge in [-0.25, -0.2) is 4.79 Å². The molecule has 0 spiro atoms. The van der Waals surface area contributed by atoms with Gasteiger partial charge in [-0.05, 0) is 41.4 Å². The molecule has 4 atom stereocenters. The Balaban J connectivity index is 1.55. The molecule has 3 aliphatic carbocycles. The number of fused-ring (bicyclic) bond motifs is 2. The number of methoxy groups -OCH3 is 2. The number of Topliss-reactive ketones (excluding diaryl/α,β-unsaturated/α-hetero) is 1. The minimum absolute atomic E-state index is 0.0353. The summed E-state index contributed by atoms with van der Waals surface area (Å²) in [6.07, 6.45) is 0.194. The van der Waals surface area contributed by atoms with Crippen LogP contribution in [-0.2, 0) is 20.9 Å². The van der Waals surface area contributed by atoms with E-state index < -0.39 is 43.9 Å². The van der Waals surface area contributed by atoms with E-state index in [1.807, 2.05) is 0 Å². The van der Waals surface area contributed by atoms with Crippen LogP contribution in [0.15, 0.2) is 36.4 Å². The Morgan fingerprint density at radius 2 is 1.82 bits per heavy atom. The Kier molecular flexibility index (Phi) is 8.01. The van der Waals surface area contributed by atoms with E-state index in [0.717, 1.165) is 17.2 Å². The lowest BCUT2D eigenvalue weighted by atomic mass is 9.58. The van der Waals surface area contributed by atoms with Crippen molar-refractivity contribution < 1.29 is 33.7 Å². The van der Waals surface area contributed by atoms with Crippen molar-refractivity contribution in [3.63, 3.8) is 0 Å². The van der Waals surface area contributed by atoms with Gasteiger partial charge in [-0.1, -0.05) is 25.7 Å². The normalized spacial score (nSPS) is 21.9. The van der Waals surface area contributed by atoms with E-state index in [2.05, 4.69) is 30.3 Å². The van der Waals surface area contributed by atoms with Crippen LogP contribution in [0.4, 0.5) is 4.79 Å². The molecule has 3 aliphatic rings. The second-order valence-electron chi connectivity index (χ2n) is 11.1. The van der Waals surface area contributed by atoms with E-state index >= 15 is 0 Å². The van der Waals surface area contributed by atoms with E-state index in [9.17, 15) is 19.5 Å². The summed E-state index contributed by atoms with van der Waals surface area (Å²) in [5.41, 5.74) is 2.24. The van der Waals surface area contributed by atoms with Gasteiger partial charge in [-0.15, -0.1) is 0 Å². The summed E-state index contributed by atoms with van der Waals surface area (Å²) in [6.45, 7) is 7.09. The van der Waals surface area contributed by atoms with Crippen LogP contribution in [-0.4, -0.2) is 57.8 Å². The number of carbonyl (C=O) groups excluding carboxylic acids is 3. The van der Waals surface area contributed by atoms with Gasteiger partial charge in [0.2, 0.25) is 0 Å². The number of phenols is 1. The molecule has 1 fully saturated rings. The molecule has 2 aromatic carbocycles. The lowest BCUT2D eigenvalue weighted by Gasteiger charge is -2.47. The molecule has 10 heteroatoms. The topological polar surface area (TPSA) is 123 Å². The monoisotopic (exact) mass is 540 g/mol. The van der Waals surface area contributed by atoms with Gasteiger partial charge in [0, 0.05) is 38.6 Å². The van der Waals surface area contributed by atoms with Gasteiger partial charge in [0.1, 0.15) is 23.0 Å². The quantitative estimate of drug-likeness (QED) is 0.325. The maximum atomic E-state index is 13.4. The molecule has 0 heterocycles. The molecule has 2 bridgehead atoms. The largest absolute Gasteiger partial charge is 0.508 e. The average Bonchev–Trinajstić information content (AvgIpc) is 2.86. The number of urea groups is 1. The molecule has 5 rings (SSSR count). The number of ketones is 1. The molecule has 2 aromatic rings. The third-order valence-electron chi connectivity index (χ3n) is 7.35. The number of aromatic hydroxyl groups is 1. The van der Waals surface area contributed by atoms with Crippen molar-refractivity contribution >= 4 is 25.9 Å². The third-order valence-corrected chi connectivity index (χ3v) is 9.06. The summed E-state index contributed by atoms with van der Waals surface area (Å²) in [4.78, 5) is 39.6. The van der Waals surface area contributed by atoms with Gasteiger partial charge in [-0.2, -0.15) is 0 Å². The fourth-order valence-electron chi connectivity index (χ4n) is 5.38. The molecule has 9 nitrogen and oxygen atoms in total. The molecule has 1 saturated carbocycles. The predicted molar refractivity (Wildman–Crippen MR) is 145 cm³/mol. The van der Waals surface area contributed by atoms with Gasteiger partial charge in [0.05, 0.1) is 38.7 Å². The standard InChI is InChI=1S/C28H36N2O7Si/c1-35-18-8-6-16(23(13-18)36-2)15-29-28(34)30-26-24-20-12-17(31)7-9-19(20)21(14-22(24)32)25(26)27(33)37-10-11-38(3,4)5/h6-9,12-13,21,24-26,31H,10-11,14-15H2,1-5H3,(H2,29,30,34)/t21?,24-,25-,26-/m1/s1. The molecule has 0 radical (unpaired) electrons. The second-order valence-corrected chi connectivity index (χ2v) is 16.7. The highest BCUT2D eigenvalue weighted by molar-refractivity contribution is 6.76. The molecule has 3 N–H and O–H groups in total. The van der Waals surface area contributed by atoms with E-state index in [1.54, 1.807) is 43.5 Å². The Morgan fingerprint density at radius 1 is 1.05 bits per heavy atom. The lowest BCUT2D eigenvalue weighted by molar-refractivity contribution is -0.152. The Morgan fingerprint density at radius 3 is 2.50 bits per heavy atom. The lowest BCUT2D eigenvalue weighted by Crippen LogP contribution is -2.59. The molecule has 2 amide bonds. The number of carbonyl (C=O) groups is 3. The van der Waals surface area contributed by atoms with Crippen molar-refractivity contribution in [3.05, 3.63) is 53.1 Å². The Hall–Kier alpha value is -3.53. The molecular weight excluding hydrogens is 504 g/mol. The van der Waals surface area contributed by atoms with E-state index in [0.29, 0.717) is 23.7 Å². The molecular formula is C28H36N2O7Si. The van der Waals surface area contributed by atoms with Crippen molar-refractivity contribution in [2.45, 2.75) is 56.5 Å². The molecule has 0 aliphatic heterocycles. The summed E-state index contributed by atoms with van der Waals surface area (Å²) in [6, 6.07) is 9.69.